The first-order valence-electron chi connectivity index (χ1n) is 9.80. The Morgan fingerprint density at radius 2 is 1.96 bits per heavy atom. The number of carbonyl (C=O) groups excluding carboxylic acids is 1. The third-order valence-corrected chi connectivity index (χ3v) is 5.58. The summed E-state index contributed by atoms with van der Waals surface area (Å²) in [5.74, 6) is 2.79. The first-order valence-corrected chi connectivity index (χ1v) is 9.80. The minimum atomic E-state index is 0.0221. The van der Waals surface area contributed by atoms with Crippen LogP contribution in [-0.4, -0.2) is 63.8 Å². The highest BCUT2D eigenvalue weighted by Gasteiger charge is 2.29. The van der Waals surface area contributed by atoms with Crippen molar-refractivity contribution in [3.05, 3.63) is 42.0 Å². The molecule has 7 heteroatoms. The SMILES string of the molecule is CN1CCCC[C@H]1c1nnc2n1CCN(C(=O)COc1ccccc1)CC2. The average Bonchev–Trinajstić information content (AvgIpc) is 2.98. The van der Waals surface area contributed by atoms with Crippen molar-refractivity contribution in [2.75, 3.05) is 33.3 Å². The fourth-order valence-electron chi connectivity index (χ4n) is 4.00. The number of para-hydroxylation sites is 1. The van der Waals surface area contributed by atoms with Crippen LogP contribution < -0.4 is 4.74 Å². The topological polar surface area (TPSA) is 63.5 Å². The maximum atomic E-state index is 12.6. The van der Waals surface area contributed by atoms with Crippen molar-refractivity contribution in [3.63, 3.8) is 0 Å². The van der Waals surface area contributed by atoms with Crippen LogP contribution in [0.2, 0.25) is 0 Å². The predicted octanol–water partition coefficient (Wildman–Crippen LogP) is 1.90. The first-order chi connectivity index (χ1) is 13.2. The number of nitrogens with zero attached hydrogens (tertiary/aromatic N) is 5. The number of hydrogen-bond donors (Lipinski definition) is 0. The third-order valence-electron chi connectivity index (χ3n) is 5.58. The van der Waals surface area contributed by atoms with Crippen LogP contribution in [0.4, 0.5) is 0 Å². The summed E-state index contributed by atoms with van der Waals surface area (Å²) in [4.78, 5) is 16.8. The number of benzene rings is 1. The van der Waals surface area contributed by atoms with E-state index in [1.54, 1.807) is 0 Å². The molecule has 27 heavy (non-hydrogen) atoms. The standard InChI is InChI=1S/C20H27N5O2/c1-23-11-6-5-9-17(23)20-22-21-18-10-12-24(13-14-25(18)20)19(26)15-27-16-7-3-2-4-8-16/h2-4,7-8,17H,5-6,9-15H2,1H3/t17-/m0/s1. The van der Waals surface area contributed by atoms with Crippen molar-refractivity contribution in [2.45, 2.75) is 38.3 Å². The van der Waals surface area contributed by atoms with E-state index in [0.29, 0.717) is 19.1 Å². The molecule has 0 N–H and O–H groups in total. The van der Waals surface area contributed by atoms with Gasteiger partial charge in [-0.05, 0) is 38.6 Å². The molecule has 1 atom stereocenters. The van der Waals surface area contributed by atoms with E-state index in [4.69, 9.17) is 4.74 Å². The van der Waals surface area contributed by atoms with Gasteiger partial charge in [0.1, 0.15) is 17.4 Å². The minimum absolute atomic E-state index is 0.0221. The number of aromatic nitrogens is 3. The second kappa shape index (κ2) is 8.08. The fourth-order valence-corrected chi connectivity index (χ4v) is 4.00. The Kier molecular flexibility index (Phi) is 5.38. The molecule has 1 saturated heterocycles. The molecule has 0 aliphatic carbocycles. The van der Waals surface area contributed by atoms with Crippen molar-refractivity contribution in [1.29, 1.82) is 0 Å². The van der Waals surface area contributed by atoms with Gasteiger partial charge in [-0.3, -0.25) is 9.69 Å². The smallest absolute Gasteiger partial charge is 0.260 e. The molecule has 4 rings (SSSR count). The Balaban J connectivity index is 1.39. The molecule has 144 valence electrons. The number of likely N-dealkylation sites (tertiary alicyclic amines) is 1. The first kappa shape index (κ1) is 18.0. The maximum Gasteiger partial charge on any atom is 0.260 e. The van der Waals surface area contributed by atoms with E-state index in [1.165, 1.54) is 12.8 Å². The Morgan fingerprint density at radius 1 is 1.11 bits per heavy atom. The van der Waals surface area contributed by atoms with Gasteiger partial charge >= 0.3 is 0 Å². The number of hydrogen-bond acceptors (Lipinski definition) is 5. The van der Waals surface area contributed by atoms with Crippen molar-refractivity contribution < 1.29 is 9.53 Å². The van der Waals surface area contributed by atoms with Crippen LogP contribution >= 0.6 is 0 Å². The molecule has 1 aromatic carbocycles. The van der Waals surface area contributed by atoms with Gasteiger partial charge in [-0.1, -0.05) is 24.6 Å². The highest BCUT2D eigenvalue weighted by molar-refractivity contribution is 5.77. The number of amides is 1. The van der Waals surface area contributed by atoms with Gasteiger partial charge < -0.3 is 14.2 Å². The molecule has 0 saturated carbocycles. The highest BCUT2D eigenvalue weighted by Crippen LogP contribution is 2.29. The summed E-state index contributed by atoms with van der Waals surface area (Å²) < 4.78 is 7.85. The Morgan fingerprint density at radius 3 is 2.78 bits per heavy atom. The van der Waals surface area contributed by atoms with E-state index in [9.17, 15) is 4.79 Å². The molecular formula is C20H27N5O2. The van der Waals surface area contributed by atoms with Gasteiger partial charge in [-0.25, -0.2) is 0 Å². The lowest BCUT2D eigenvalue weighted by Gasteiger charge is -2.31. The molecule has 7 nitrogen and oxygen atoms in total. The molecular weight excluding hydrogens is 342 g/mol. The molecule has 0 unspecified atom stereocenters. The van der Waals surface area contributed by atoms with Crippen molar-refractivity contribution in [2.24, 2.45) is 0 Å². The summed E-state index contributed by atoms with van der Waals surface area (Å²) in [5, 5.41) is 8.93. The maximum absolute atomic E-state index is 12.6. The molecule has 0 spiro atoms. The Bertz CT molecular complexity index is 776. The van der Waals surface area contributed by atoms with Gasteiger partial charge in [-0.2, -0.15) is 0 Å². The zero-order valence-corrected chi connectivity index (χ0v) is 15.9. The van der Waals surface area contributed by atoms with Gasteiger partial charge in [0.2, 0.25) is 0 Å². The zero-order chi connectivity index (χ0) is 18.6. The number of rotatable bonds is 4. The monoisotopic (exact) mass is 369 g/mol. The molecule has 1 fully saturated rings. The summed E-state index contributed by atoms with van der Waals surface area (Å²) in [7, 11) is 2.17. The van der Waals surface area contributed by atoms with Crippen LogP contribution in [0.15, 0.2) is 30.3 Å². The minimum Gasteiger partial charge on any atom is -0.484 e. The average molecular weight is 369 g/mol. The lowest BCUT2D eigenvalue weighted by molar-refractivity contribution is -0.133. The molecule has 0 radical (unpaired) electrons. The van der Waals surface area contributed by atoms with E-state index in [1.807, 2.05) is 35.2 Å². The zero-order valence-electron chi connectivity index (χ0n) is 15.9. The summed E-state index contributed by atoms with van der Waals surface area (Å²) >= 11 is 0. The molecule has 1 amide bonds. The Labute approximate surface area is 159 Å². The van der Waals surface area contributed by atoms with Gasteiger partial charge in [0.05, 0.1) is 6.04 Å². The van der Waals surface area contributed by atoms with E-state index in [0.717, 1.165) is 43.3 Å². The lowest BCUT2D eigenvalue weighted by Crippen LogP contribution is -2.37. The fraction of sp³-hybridized carbons (Fsp3) is 0.550. The summed E-state index contributed by atoms with van der Waals surface area (Å²) in [5.41, 5.74) is 0. The van der Waals surface area contributed by atoms with E-state index < -0.39 is 0 Å². The van der Waals surface area contributed by atoms with E-state index in [2.05, 4.69) is 26.7 Å². The summed E-state index contributed by atoms with van der Waals surface area (Å²) in [6, 6.07) is 9.81. The molecule has 0 bridgehead atoms. The Hall–Kier alpha value is -2.41. The number of piperidine rings is 1. The van der Waals surface area contributed by atoms with E-state index in [-0.39, 0.29) is 12.5 Å². The van der Waals surface area contributed by atoms with Gasteiger partial charge in [-0.15, -0.1) is 10.2 Å². The predicted molar refractivity (Wildman–Crippen MR) is 101 cm³/mol. The number of fused-ring (bicyclic) bond motifs is 1. The van der Waals surface area contributed by atoms with Gasteiger partial charge in [0, 0.05) is 26.1 Å². The number of carbonyl (C=O) groups is 1. The molecule has 2 aromatic rings. The molecule has 2 aliphatic heterocycles. The normalized spacial score (nSPS) is 20.8. The second-order valence-corrected chi connectivity index (χ2v) is 7.35. The van der Waals surface area contributed by atoms with Crippen LogP contribution in [0.1, 0.15) is 37.0 Å². The molecule has 2 aliphatic rings. The van der Waals surface area contributed by atoms with Crippen LogP contribution in [0.3, 0.4) is 0 Å². The van der Waals surface area contributed by atoms with Crippen LogP contribution in [-0.2, 0) is 17.8 Å². The van der Waals surface area contributed by atoms with Gasteiger partial charge in [0.25, 0.3) is 5.91 Å². The van der Waals surface area contributed by atoms with E-state index >= 15 is 0 Å². The third kappa shape index (κ3) is 3.98. The summed E-state index contributed by atoms with van der Waals surface area (Å²) in [6.07, 6.45) is 4.35. The summed E-state index contributed by atoms with van der Waals surface area (Å²) in [6.45, 7) is 3.26. The van der Waals surface area contributed by atoms with Crippen LogP contribution in [0, 0.1) is 0 Å². The van der Waals surface area contributed by atoms with Crippen molar-refractivity contribution >= 4 is 5.91 Å². The van der Waals surface area contributed by atoms with Crippen LogP contribution in [0.5, 0.6) is 5.75 Å². The van der Waals surface area contributed by atoms with Crippen LogP contribution in [0.25, 0.3) is 0 Å². The highest BCUT2D eigenvalue weighted by atomic mass is 16.5. The van der Waals surface area contributed by atoms with Crippen molar-refractivity contribution in [1.82, 2.24) is 24.6 Å². The molecule has 3 heterocycles. The quantitative estimate of drug-likeness (QED) is 0.824. The lowest BCUT2D eigenvalue weighted by atomic mass is 10.0. The molecule has 1 aromatic heterocycles. The second-order valence-electron chi connectivity index (χ2n) is 7.35. The number of ether oxygens (including phenoxy) is 1. The largest absolute Gasteiger partial charge is 0.484 e. The van der Waals surface area contributed by atoms with Gasteiger partial charge in [0.15, 0.2) is 6.61 Å². The van der Waals surface area contributed by atoms with Crippen molar-refractivity contribution in [3.8, 4) is 5.75 Å².